The van der Waals surface area contributed by atoms with Gasteiger partial charge < -0.3 is 4.52 Å². The summed E-state index contributed by atoms with van der Waals surface area (Å²) in [5, 5.41) is 3.34. The van der Waals surface area contributed by atoms with E-state index in [2.05, 4.69) is 14.7 Å². The first-order chi connectivity index (χ1) is 9.40. The van der Waals surface area contributed by atoms with Gasteiger partial charge in [0.05, 0.1) is 0 Å². The molecule has 0 atom stereocenters. The summed E-state index contributed by atoms with van der Waals surface area (Å²) in [4.78, 5) is 4.32. The summed E-state index contributed by atoms with van der Waals surface area (Å²) in [6.45, 7) is 2.91. The summed E-state index contributed by atoms with van der Waals surface area (Å²) in [6.07, 6.45) is -4.62. The predicted molar refractivity (Wildman–Crippen MR) is 68.9 cm³/mol. The molecule has 0 bridgehead atoms. The van der Waals surface area contributed by atoms with Gasteiger partial charge in [0, 0.05) is 17.0 Å². The standard InChI is InChI=1S/C12H12F3N3OS/c1-3-18(2)20-9-6-4-8(5-7-9)10-16-11(19-17-10)12(13,14)15/h4-7H,3H2,1-2H3. The molecule has 1 heterocycles. The van der Waals surface area contributed by atoms with Crippen LogP contribution in [0.1, 0.15) is 12.8 Å². The van der Waals surface area contributed by atoms with Crippen molar-refractivity contribution in [3.05, 3.63) is 30.2 Å². The molecule has 1 aromatic carbocycles. The molecule has 0 radical (unpaired) electrons. The van der Waals surface area contributed by atoms with Crippen LogP contribution in [-0.4, -0.2) is 28.0 Å². The molecule has 4 nitrogen and oxygen atoms in total. The lowest BCUT2D eigenvalue weighted by atomic mass is 10.2. The summed E-state index contributed by atoms with van der Waals surface area (Å²) in [5.74, 6) is -1.41. The molecule has 2 rings (SSSR count). The Bertz CT molecular complexity index is 568. The maximum Gasteiger partial charge on any atom is 0.471 e. The second-order valence-corrected chi connectivity index (χ2v) is 5.26. The van der Waals surface area contributed by atoms with E-state index in [0.29, 0.717) is 5.56 Å². The maximum atomic E-state index is 12.4. The molecule has 8 heteroatoms. The minimum atomic E-state index is -4.62. The highest BCUT2D eigenvalue weighted by Crippen LogP contribution is 2.30. The third-order valence-electron chi connectivity index (χ3n) is 2.49. The van der Waals surface area contributed by atoms with Crippen LogP contribution in [0.15, 0.2) is 33.7 Å². The van der Waals surface area contributed by atoms with E-state index in [1.165, 1.54) is 0 Å². The molecular formula is C12H12F3N3OS. The Morgan fingerprint density at radius 1 is 1.25 bits per heavy atom. The number of hydrogen-bond donors (Lipinski definition) is 0. The molecule has 2 aromatic rings. The van der Waals surface area contributed by atoms with Crippen LogP contribution >= 0.6 is 11.9 Å². The molecule has 20 heavy (non-hydrogen) atoms. The zero-order valence-electron chi connectivity index (χ0n) is 10.8. The molecular weight excluding hydrogens is 291 g/mol. The van der Waals surface area contributed by atoms with E-state index in [1.807, 2.05) is 18.3 Å². The zero-order valence-corrected chi connectivity index (χ0v) is 11.6. The van der Waals surface area contributed by atoms with Gasteiger partial charge in [0.25, 0.3) is 0 Å². The smallest absolute Gasteiger partial charge is 0.329 e. The molecule has 0 unspecified atom stereocenters. The monoisotopic (exact) mass is 303 g/mol. The average molecular weight is 303 g/mol. The summed E-state index contributed by atoms with van der Waals surface area (Å²) in [7, 11) is 1.95. The number of benzene rings is 1. The van der Waals surface area contributed by atoms with Crippen molar-refractivity contribution >= 4 is 11.9 Å². The third kappa shape index (κ3) is 3.51. The normalized spacial score (nSPS) is 12.1. The van der Waals surface area contributed by atoms with Gasteiger partial charge in [-0.2, -0.15) is 18.2 Å². The molecule has 108 valence electrons. The molecule has 0 N–H and O–H groups in total. The minimum Gasteiger partial charge on any atom is -0.329 e. The van der Waals surface area contributed by atoms with Crippen LogP contribution in [0.3, 0.4) is 0 Å². The highest BCUT2D eigenvalue weighted by atomic mass is 32.2. The Hall–Kier alpha value is -1.54. The SMILES string of the molecule is CCN(C)Sc1ccc(-c2noc(C(F)(F)F)n2)cc1. The first kappa shape index (κ1) is 14.9. The van der Waals surface area contributed by atoms with Crippen LogP contribution in [0.5, 0.6) is 0 Å². The van der Waals surface area contributed by atoms with E-state index in [4.69, 9.17) is 0 Å². The van der Waals surface area contributed by atoms with E-state index in [1.54, 1.807) is 36.2 Å². The van der Waals surface area contributed by atoms with Crippen LogP contribution < -0.4 is 0 Å². The second-order valence-electron chi connectivity index (χ2n) is 3.98. The number of halogens is 3. The van der Waals surface area contributed by atoms with Gasteiger partial charge in [-0.05, 0) is 43.3 Å². The van der Waals surface area contributed by atoms with Crippen molar-refractivity contribution < 1.29 is 17.7 Å². The lowest BCUT2D eigenvalue weighted by molar-refractivity contribution is -0.159. The molecule has 0 spiro atoms. The van der Waals surface area contributed by atoms with Gasteiger partial charge in [-0.25, -0.2) is 4.31 Å². The van der Waals surface area contributed by atoms with E-state index in [-0.39, 0.29) is 5.82 Å². The van der Waals surface area contributed by atoms with E-state index >= 15 is 0 Å². The molecule has 0 aliphatic rings. The van der Waals surface area contributed by atoms with Crippen LogP contribution in [0.2, 0.25) is 0 Å². The fraction of sp³-hybridized carbons (Fsp3) is 0.333. The first-order valence-corrected chi connectivity index (χ1v) is 6.58. The maximum absolute atomic E-state index is 12.4. The number of hydrogen-bond acceptors (Lipinski definition) is 5. The molecule has 0 amide bonds. The first-order valence-electron chi connectivity index (χ1n) is 5.80. The van der Waals surface area contributed by atoms with Gasteiger partial charge in [0.1, 0.15) is 0 Å². The van der Waals surface area contributed by atoms with Crippen molar-refractivity contribution in [1.29, 1.82) is 0 Å². The Balaban J connectivity index is 2.16. The van der Waals surface area contributed by atoms with E-state index in [9.17, 15) is 13.2 Å². The largest absolute Gasteiger partial charge is 0.471 e. The Kier molecular flexibility index (Phi) is 4.34. The summed E-state index contributed by atoms with van der Waals surface area (Å²) < 4.78 is 43.3. The second kappa shape index (κ2) is 5.84. The van der Waals surface area contributed by atoms with Gasteiger partial charge in [-0.3, -0.25) is 0 Å². The summed E-state index contributed by atoms with van der Waals surface area (Å²) >= 11 is 1.55. The molecule has 0 aliphatic carbocycles. The van der Waals surface area contributed by atoms with Crippen LogP contribution in [0.4, 0.5) is 13.2 Å². The fourth-order valence-corrected chi connectivity index (χ4v) is 2.11. The highest BCUT2D eigenvalue weighted by molar-refractivity contribution is 7.97. The van der Waals surface area contributed by atoms with Gasteiger partial charge in [-0.1, -0.05) is 12.1 Å². The molecule has 0 aliphatic heterocycles. The van der Waals surface area contributed by atoms with Crippen molar-refractivity contribution in [2.45, 2.75) is 18.0 Å². The number of alkyl halides is 3. The molecule has 1 aromatic heterocycles. The lowest BCUT2D eigenvalue weighted by Gasteiger charge is -2.12. The molecule has 0 saturated heterocycles. The summed E-state index contributed by atoms with van der Waals surface area (Å²) in [6, 6.07) is 6.93. The van der Waals surface area contributed by atoms with Gasteiger partial charge in [0.2, 0.25) is 5.82 Å². The van der Waals surface area contributed by atoms with Crippen molar-refractivity contribution in [2.24, 2.45) is 0 Å². The van der Waals surface area contributed by atoms with E-state index < -0.39 is 12.1 Å². The van der Waals surface area contributed by atoms with Crippen LogP contribution in [0.25, 0.3) is 11.4 Å². The summed E-state index contributed by atoms with van der Waals surface area (Å²) in [5.41, 5.74) is 0.479. The minimum absolute atomic E-state index is 0.0716. The van der Waals surface area contributed by atoms with Crippen molar-refractivity contribution in [3.8, 4) is 11.4 Å². The van der Waals surface area contributed by atoms with Gasteiger partial charge >= 0.3 is 12.1 Å². The van der Waals surface area contributed by atoms with Crippen molar-refractivity contribution in [1.82, 2.24) is 14.4 Å². The number of aromatic nitrogens is 2. The average Bonchev–Trinajstić information content (AvgIpc) is 2.89. The van der Waals surface area contributed by atoms with Gasteiger partial charge in [0.15, 0.2) is 0 Å². The Morgan fingerprint density at radius 3 is 2.40 bits per heavy atom. The topological polar surface area (TPSA) is 42.2 Å². The Morgan fingerprint density at radius 2 is 1.90 bits per heavy atom. The van der Waals surface area contributed by atoms with Crippen molar-refractivity contribution in [2.75, 3.05) is 13.6 Å². The lowest BCUT2D eigenvalue weighted by Crippen LogP contribution is -2.06. The van der Waals surface area contributed by atoms with Gasteiger partial charge in [-0.15, -0.1) is 0 Å². The van der Waals surface area contributed by atoms with E-state index in [0.717, 1.165) is 11.4 Å². The zero-order chi connectivity index (χ0) is 14.8. The molecule has 0 fully saturated rings. The quantitative estimate of drug-likeness (QED) is 0.805. The molecule has 0 saturated carbocycles. The third-order valence-corrected chi connectivity index (χ3v) is 3.54. The number of nitrogens with zero attached hydrogens (tertiary/aromatic N) is 3. The Labute approximate surface area is 118 Å². The highest BCUT2D eigenvalue weighted by Gasteiger charge is 2.38. The predicted octanol–water partition coefficient (Wildman–Crippen LogP) is 3.71. The van der Waals surface area contributed by atoms with Crippen LogP contribution in [0, 0.1) is 0 Å². The fourth-order valence-electron chi connectivity index (χ4n) is 1.37. The van der Waals surface area contributed by atoms with Crippen LogP contribution in [-0.2, 0) is 6.18 Å². The van der Waals surface area contributed by atoms with Crippen molar-refractivity contribution in [3.63, 3.8) is 0 Å². The number of rotatable bonds is 4.